The molecule has 1 atom stereocenters. The maximum atomic E-state index is 13.3. The molecule has 27 heavy (non-hydrogen) atoms. The van der Waals surface area contributed by atoms with E-state index in [4.69, 9.17) is 0 Å². The minimum absolute atomic E-state index is 0.244. The molecule has 1 aromatic rings. The molecule has 1 aliphatic heterocycles. The average Bonchev–Trinajstić information content (AvgIpc) is 3.28. The molecule has 1 saturated carbocycles. The second-order valence-electron chi connectivity index (χ2n) is 8.48. The number of nitrogens with zero attached hydrogens (tertiary/aromatic N) is 4. The summed E-state index contributed by atoms with van der Waals surface area (Å²) >= 11 is 0. The molecule has 1 unspecified atom stereocenters. The third-order valence-corrected chi connectivity index (χ3v) is 8.43. The number of likely N-dealkylation sites (tertiary alicyclic amines) is 1. The molecule has 2 fully saturated rings. The molecule has 0 amide bonds. The summed E-state index contributed by atoms with van der Waals surface area (Å²) in [4.78, 5) is 9.17. The third kappa shape index (κ3) is 4.74. The van der Waals surface area contributed by atoms with E-state index < -0.39 is 9.84 Å². The molecule has 2 heterocycles. The van der Waals surface area contributed by atoms with Crippen molar-refractivity contribution < 1.29 is 8.42 Å². The molecular weight excluding hydrogens is 360 g/mol. The maximum Gasteiger partial charge on any atom is 0.228 e. The monoisotopic (exact) mass is 396 g/mol. The van der Waals surface area contributed by atoms with Crippen LogP contribution < -0.4 is 0 Å². The Morgan fingerprint density at radius 3 is 2.56 bits per heavy atom. The molecular formula is C20H36N4O2S. The molecule has 0 aromatic carbocycles. The standard InChI is InChI=1S/C20H36N4O2S/c1-4-5-12-24-18(16-23-13-11-17(15-23)22(2)3)14-21-20(24)27(25,26)19-9-7-6-8-10-19/h14,17,19H,4-13,15-16H2,1-3H3. The number of hydrogen-bond acceptors (Lipinski definition) is 5. The molecule has 0 N–H and O–H groups in total. The lowest BCUT2D eigenvalue weighted by molar-refractivity contribution is 0.260. The van der Waals surface area contributed by atoms with E-state index in [0.29, 0.717) is 11.2 Å². The fraction of sp³-hybridized carbons (Fsp3) is 0.850. The highest BCUT2D eigenvalue weighted by molar-refractivity contribution is 7.91. The van der Waals surface area contributed by atoms with E-state index in [9.17, 15) is 8.42 Å². The number of unbranched alkanes of at least 4 members (excludes halogenated alkanes) is 1. The molecule has 0 bridgehead atoms. The van der Waals surface area contributed by atoms with Crippen LogP contribution in [0.3, 0.4) is 0 Å². The quantitative estimate of drug-likeness (QED) is 0.676. The van der Waals surface area contributed by atoms with Crippen LogP contribution in [0.15, 0.2) is 11.4 Å². The van der Waals surface area contributed by atoms with Gasteiger partial charge in [-0.2, -0.15) is 0 Å². The van der Waals surface area contributed by atoms with Gasteiger partial charge in [0.25, 0.3) is 0 Å². The molecule has 7 heteroatoms. The SMILES string of the molecule is CCCCn1c(CN2CCC(N(C)C)C2)cnc1S(=O)(=O)C1CCCCC1. The second-order valence-corrected chi connectivity index (χ2v) is 10.6. The summed E-state index contributed by atoms with van der Waals surface area (Å²) in [5.74, 6) is 0. The zero-order chi connectivity index (χ0) is 19.4. The van der Waals surface area contributed by atoms with Crippen molar-refractivity contribution in [3.8, 4) is 0 Å². The van der Waals surface area contributed by atoms with Gasteiger partial charge in [-0.1, -0.05) is 32.6 Å². The predicted octanol–water partition coefficient (Wildman–Crippen LogP) is 2.93. The number of rotatable bonds is 8. The normalized spacial score (nSPS) is 22.7. The van der Waals surface area contributed by atoms with E-state index in [1.54, 1.807) is 0 Å². The molecule has 2 aliphatic rings. The summed E-state index contributed by atoms with van der Waals surface area (Å²) in [6.45, 7) is 5.79. The Hall–Kier alpha value is -0.920. The van der Waals surface area contributed by atoms with Crippen molar-refractivity contribution in [1.29, 1.82) is 0 Å². The predicted molar refractivity (Wildman–Crippen MR) is 109 cm³/mol. The number of imidazole rings is 1. The lowest BCUT2D eigenvalue weighted by atomic mass is 10.0. The summed E-state index contributed by atoms with van der Waals surface area (Å²) in [7, 11) is 0.932. The summed E-state index contributed by atoms with van der Waals surface area (Å²) in [5.41, 5.74) is 1.05. The van der Waals surface area contributed by atoms with Crippen LogP contribution in [0.4, 0.5) is 0 Å². The molecule has 1 aromatic heterocycles. The van der Waals surface area contributed by atoms with Crippen LogP contribution in [-0.4, -0.2) is 66.2 Å². The first-order valence-electron chi connectivity index (χ1n) is 10.6. The first kappa shape index (κ1) is 20.8. The van der Waals surface area contributed by atoms with Gasteiger partial charge >= 0.3 is 0 Å². The molecule has 6 nitrogen and oxygen atoms in total. The van der Waals surface area contributed by atoms with Gasteiger partial charge in [0.05, 0.1) is 17.1 Å². The lowest BCUT2D eigenvalue weighted by Gasteiger charge is -2.23. The van der Waals surface area contributed by atoms with Crippen LogP contribution in [0, 0.1) is 0 Å². The van der Waals surface area contributed by atoms with Gasteiger partial charge in [0, 0.05) is 32.2 Å². The minimum atomic E-state index is -3.33. The smallest absolute Gasteiger partial charge is 0.228 e. The Balaban J connectivity index is 1.81. The Morgan fingerprint density at radius 2 is 1.93 bits per heavy atom. The first-order valence-corrected chi connectivity index (χ1v) is 12.1. The largest absolute Gasteiger partial charge is 0.318 e. The second kappa shape index (κ2) is 9.05. The fourth-order valence-corrected chi connectivity index (χ4v) is 6.40. The maximum absolute atomic E-state index is 13.3. The van der Waals surface area contributed by atoms with Crippen molar-refractivity contribution in [1.82, 2.24) is 19.4 Å². The van der Waals surface area contributed by atoms with Crippen molar-refractivity contribution >= 4 is 9.84 Å². The van der Waals surface area contributed by atoms with Crippen LogP contribution >= 0.6 is 0 Å². The molecule has 1 aliphatic carbocycles. The van der Waals surface area contributed by atoms with Gasteiger partial charge in [0.2, 0.25) is 15.0 Å². The van der Waals surface area contributed by atoms with Gasteiger partial charge in [-0.15, -0.1) is 0 Å². The van der Waals surface area contributed by atoms with Crippen LogP contribution in [0.1, 0.15) is 64.0 Å². The van der Waals surface area contributed by atoms with E-state index in [1.165, 1.54) is 6.42 Å². The van der Waals surface area contributed by atoms with Crippen molar-refractivity contribution in [3.05, 3.63) is 11.9 Å². The number of sulfone groups is 1. The number of hydrogen-bond donors (Lipinski definition) is 0. The van der Waals surface area contributed by atoms with Gasteiger partial charge in [0.1, 0.15) is 0 Å². The van der Waals surface area contributed by atoms with Gasteiger partial charge < -0.3 is 9.47 Å². The van der Waals surface area contributed by atoms with Crippen molar-refractivity contribution in [3.63, 3.8) is 0 Å². The molecule has 1 saturated heterocycles. The highest BCUT2D eigenvalue weighted by Gasteiger charge is 2.34. The van der Waals surface area contributed by atoms with Crippen LogP contribution in [0.5, 0.6) is 0 Å². The zero-order valence-corrected chi connectivity index (χ0v) is 18.0. The van der Waals surface area contributed by atoms with Crippen LogP contribution in [0.2, 0.25) is 0 Å². The molecule has 3 rings (SSSR count). The van der Waals surface area contributed by atoms with E-state index in [-0.39, 0.29) is 5.25 Å². The topological polar surface area (TPSA) is 58.4 Å². The fourth-order valence-electron chi connectivity index (χ4n) is 4.43. The first-order chi connectivity index (χ1) is 12.9. The summed E-state index contributed by atoms with van der Waals surface area (Å²) in [5, 5.41) is 0.0768. The summed E-state index contributed by atoms with van der Waals surface area (Å²) < 4.78 is 28.5. The van der Waals surface area contributed by atoms with E-state index in [1.807, 2.05) is 10.8 Å². The molecule has 0 radical (unpaired) electrons. The van der Waals surface area contributed by atoms with E-state index in [0.717, 1.165) is 76.8 Å². The number of aromatic nitrogens is 2. The lowest BCUT2D eigenvalue weighted by Crippen LogP contribution is -2.32. The molecule has 0 spiro atoms. The zero-order valence-electron chi connectivity index (χ0n) is 17.2. The van der Waals surface area contributed by atoms with Crippen molar-refractivity contribution in [2.24, 2.45) is 0 Å². The number of likely N-dealkylation sites (N-methyl/N-ethyl adjacent to an activating group) is 1. The Labute approximate surface area is 164 Å². The Kier molecular flexibility index (Phi) is 6.98. The van der Waals surface area contributed by atoms with E-state index >= 15 is 0 Å². The van der Waals surface area contributed by atoms with Gasteiger partial charge in [-0.3, -0.25) is 4.90 Å². The molecule has 154 valence electrons. The summed E-state index contributed by atoms with van der Waals surface area (Å²) in [6, 6.07) is 0.586. The Morgan fingerprint density at radius 1 is 1.19 bits per heavy atom. The highest BCUT2D eigenvalue weighted by Crippen LogP contribution is 2.29. The Bertz CT molecular complexity index is 708. The summed E-state index contributed by atoms with van der Waals surface area (Å²) in [6.07, 6.45) is 9.78. The van der Waals surface area contributed by atoms with Gasteiger partial charge in [0.15, 0.2) is 0 Å². The van der Waals surface area contributed by atoms with Crippen LogP contribution in [-0.2, 0) is 22.9 Å². The minimum Gasteiger partial charge on any atom is -0.318 e. The van der Waals surface area contributed by atoms with Crippen molar-refractivity contribution in [2.75, 3.05) is 27.2 Å². The third-order valence-electron chi connectivity index (χ3n) is 6.25. The van der Waals surface area contributed by atoms with Gasteiger partial charge in [-0.05, 0) is 39.8 Å². The van der Waals surface area contributed by atoms with Gasteiger partial charge in [-0.25, -0.2) is 13.4 Å². The highest BCUT2D eigenvalue weighted by atomic mass is 32.2. The van der Waals surface area contributed by atoms with Crippen LogP contribution in [0.25, 0.3) is 0 Å². The van der Waals surface area contributed by atoms with Crippen molar-refractivity contribution in [2.45, 2.75) is 87.8 Å². The van der Waals surface area contributed by atoms with E-state index in [2.05, 4.69) is 35.8 Å². The average molecular weight is 397 g/mol.